The first kappa shape index (κ1) is 18.0. The maximum atomic E-state index is 12.4. The number of aliphatic imine (C=N–C) groups is 1. The number of piperazine rings is 1. The number of ether oxygens (including phenoxy) is 2. The van der Waals surface area contributed by atoms with Crippen molar-refractivity contribution in [1.82, 2.24) is 14.9 Å². The number of hydrogen-bond donors (Lipinski definition) is 1. The van der Waals surface area contributed by atoms with Crippen LogP contribution in [-0.4, -0.2) is 59.5 Å². The van der Waals surface area contributed by atoms with Gasteiger partial charge in [0.25, 0.3) is 0 Å². The second kappa shape index (κ2) is 7.16. The normalized spacial score (nSPS) is 19.5. The molecule has 156 valence electrons. The number of carbonyl (C=O) groups excluding carboxylic acids is 1. The minimum Gasteiger partial charge on any atom is -0.493 e. The van der Waals surface area contributed by atoms with E-state index in [1.807, 2.05) is 48.7 Å². The SMILES string of the molecule is O=C1OC(c2cccc3c2CCO3)=N/C1=C/N1CCN(c2nc3ccccc3[nH]2)CC1. The van der Waals surface area contributed by atoms with Gasteiger partial charge in [0.15, 0.2) is 5.70 Å². The van der Waals surface area contributed by atoms with E-state index in [1.165, 1.54) is 0 Å². The van der Waals surface area contributed by atoms with Gasteiger partial charge in [-0.1, -0.05) is 18.2 Å². The summed E-state index contributed by atoms with van der Waals surface area (Å²) in [5.41, 5.74) is 4.23. The molecule has 0 atom stereocenters. The average molecular weight is 415 g/mol. The molecule has 0 unspecified atom stereocenters. The van der Waals surface area contributed by atoms with Crippen molar-refractivity contribution in [2.45, 2.75) is 6.42 Å². The molecule has 8 nitrogen and oxygen atoms in total. The highest BCUT2D eigenvalue weighted by molar-refractivity contribution is 6.11. The Morgan fingerprint density at radius 1 is 1.03 bits per heavy atom. The standard InChI is InChI=1S/C23H21N5O3/c29-22-19(24-21(31-22)16-4-3-7-20-15(16)8-13-30-20)14-27-9-11-28(12-10-27)23-25-17-5-1-2-6-18(17)26-23/h1-7,14H,8-13H2,(H,25,26)/b19-14+. The van der Waals surface area contributed by atoms with Gasteiger partial charge in [0.05, 0.1) is 17.6 Å². The van der Waals surface area contributed by atoms with Crippen LogP contribution >= 0.6 is 0 Å². The zero-order valence-corrected chi connectivity index (χ0v) is 16.9. The van der Waals surface area contributed by atoms with Crippen molar-refractivity contribution >= 4 is 28.8 Å². The molecule has 3 aromatic rings. The molecule has 1 saturated heterocycles. The third-order valence-corrected chi connectivity index (χ3v) is 5.89. The number of imidazole rings is 1. The monoisotopic (exact) mass is 415 g/mol. The summed E-state index contributed by atoms with van der Waals surface area (Å²) < 4.78 is 11.1. The van der Waals surface area contributed by atoms with E-state index in [1.54, 1.807) is 0 Å². The molecule has 31 heavy (non-hydrogen) atoms. The molecule has 1 aromatic heterocycles. The van der Waals surface area contributed by atoms with E-state index in [-0.39, 0.29) is 0 Å². The molecule has 3 aliphatic heterocycles. The third kappa shape index (κ3) is 3.20. The molecule has 4 heterocycles. The molecule has 8 heteroatoms. The van der Waals surface area contributed by atoms with E-state index in [4.69, 9.17) is 9.47 Å². The summed E-state index contributed by atoms with van der Waals surface area (Å²) in [5, 5.41) is 0. The van der Waals surface area contributed by atoms with E-state index >= 15 is 0 Å². The van der Waals surface area contributed by atoms with Crippen LogP contribution in [0.3, 0.4) is 0 Å². The van der Waals surface area contributed by atoms with E-state index in [0.29, 0.717) is 18.2 Å². The lowest BCUT2D eigenvalue weighted by molar-refractivity contribution is -0.130. The summed E-state index contributed by atoms with van der Waals surface area (Å²) in [6.45, 7) is 3.80. The van der Waals surface area contributed by atoms with E-state index in [9.17, 15) is 4.79 Å². The number of H-pyrrole nitrogens is 1. The largest absolute Gasteiger partial charge is 0.493 e. The number of rotatable bonds is 3. The van der Waals surface area contributed by atoms with Gasteiger partial charge in [0.2, 0.25) is 11.8 Å². The molecule has 0 aliphatic carbocycles. The van der Waals surface area contributed by atoms with Gasteiger partial charge in [0.1, 0.15) is 5.75 Å². The van der Waals surface area contributed by atoms with E-state index < -0.39 is 5.97 Å². The first-order valence-corrected chi connectivity index (χ1v) is 10.5. The molecule has 1 fully saturated rings. The maximum Gasteiger partial charge on any atom is 0.365 e. The Labute approximate surface area is 178 Å². The Hall–Kier alpha value is -3.81. The van der Waals surface area contributed by atoms with Crippen molar-refractivity contribution in [3.8, 4) is 5.75 Å². The minimum atomic E-state index is -0.411. The molecule has 0 spiro atoms. The molecule has 0 radical (unpaired) electrons. The fourth-order valence-electron chi connectivity index (χ4n) is 4.26. The molecule has 1 N–H and O–H groups in total. The topological polar surface area (TPSA) is 83.1 Å². The number of fused-ring (bicyclic) bond motifs is 2. The van der Waals surface area contributed by atoms with Gasteiger partial charge in [-0.25, -0.2) is 14.8 Å². The van der Waals surface area contributed by atoms with Gasteiger partial charge >= 0.3 is 5.97 Å². The smallest absolute Gasteiger partial charge is 0.365 e. The molecule has 6 rings (SSSR count). The number of nitrogens with zero attached hydrogens (tertiary/aromatic N) is 4. The van der Waals surface area contributed by atoms with Crippen LogP contribution in [0.25, 0.3) is 11.0 Å². The highest BCUT2D eigenvalue weighted by Crippen LogP contribution is 2.30. The Morgan fingerprint density at radius 2 is 1.90 bits per heavy atom. The number of esters is 1. The zero-order valence-electron chi connectivity index (χ0n) is 16.9. The number of nitrogens with one attached hydrogen (secondary N) is 1. The van der Waals surface area contributed by atoms with Crippen molar-refractivity contribution in [3.05, 3.63) is 65.5 Å². The van der Waals surface area contributed by atoms with Gasteiger partial charge in [-0.2, -0.15) is 0 Å². The molecule has 0 saturated carbocycles. The lowest BCUT2D eigenvalue weighted by Crippen LogP contribution is -2.44. The zero-order chi connectivity index (χ0) is 20.8. The average Bonchev–Trinajstić information content (AvgIpc) is 3.52. The Kier molecular flexibility index (Phi) is 4.15. The van der Waals surface area contributed by atoms with Gasteiger partial charge < -0.3 is 24.3 Å². The van der Waals surface area contributed by atoms with Crippen LogP contribution in [0.5, 0.6) is 5.75 Å². The van der Waals surface area contributed by atoms with Crippen molar-refractivity contribution in [3.63, 3.8) is 0 Å². The van der Waals surface area contributed by atoms with Crippen LogP contribution in [-0.2, 0) is 16.0 Å². The van der Waals surface area contributed by atoms with Crippen molar-refractivity contribution in [2.24, 2.45) is 4.99 Å². The molecule has 2 aromatic carbocycles. The van der Waals surface area contributed by atoms with Gasteiger partial charge in [0, 0.05) is 49.9 Å². The third-order valence-electron chi connectivity index (χ3n) is 5.89. The molecular weight excluding hydrogens is 394 g/mol. The number of benzene rings is 2. The van der Waals surface area contributed by atoms with Crippen molar-refractivity contribution < 1.29 is 14.3 Å². The molecular formula is C23H21N5O3. The van der Waals surface area contributed by atoms with Crippen molar-refractivity contribution in [2.75, 3.05) is 37.7 Å². The van der Waals surface area contributed by atoms with Gasteiger partial charge in [-0.3, -0.25) is 0 Å². The second-order valence-corrected chi connectivity index (χ2v) is 7.80. The number of anilines is 1. The van der Waals surface area contributed by atoms with Gasteiger partial charge in [-0.15, -0.1) is 0 Å². The first-order valence-electron chi connectivity index (χ1n) is 10.5. The van der Waals surface area contributed by atoms with Crippen LogP contribution in [0.15, 0.2) is 59.4 Å². The summed E-state index contributed by atoms with van der Waals surface area (Å²) in [6.07, 6.45) is 2.61. The highest BCUT2D eigenvalue weighted by Gasteiger charge is 2.29. The summed E-state index contributed by atoms with van der Waals surface area (Å²) in [4.78, 5) is 29.3. The summed E-state index contributed by atoms with van der Waals surface area (Å²) in [6, 6.07) is 13.8. The number of aromatic nitrogens is 2. The number of cyclic esters (lactones) is 1. The van der Waals surface area contributed by atoms with Crippen LogP contribution < -0.4 is 9.64 Å². The van der Waals surface area contributed by atoms with E-state index in [2.05, 4.69) is 24.8 Å². The van der Waals surface area contributed by atoms with Gasteiger partial charge in [-0.05, 0) is 24.3 Å². The minimum absolute atomic E-state index is 0.337. The number of hydrogen-bond acceptors (Lipinski definition) is 7. The lowest BCUT2D eigenvalue weighted by Gasteiger charge is -2.33. The predicted octanol–water partition coefficient (Wildman–Crippen LogP) is 2.46. The van der Waals surface area contributed by atoms with Crippen LogP contribution in [0.1, 0.15) is 11.1 Å². The summed E-state index contributed by atoms with van der Waals surface area (Å²) in [5.74, 6) is 1.68. The number of carbonyl (C=O) groups is 1. The quantitative estimate of drug-likeness (QED) is 0.523. The fourth-order valence-corrected chi connectivity index (χ4v) is 4.26. The second-order valence-electron chi connectivity index (χ2n) is 7.80. The highest BCUT2D eigenvalue weighted by atomic mass is 16.6. The van der Waals surface area contributed by atoms with Crippen molar-refractivity contribution in [1.29, 1.82) is 0 Å². The predicted molar refractivity (Wildman–Crippen MR) is 116 cm³/mol. The summed E-state index contributed by atoms with van der Waals surface area (Å²) in [7, 11) is 0. The fraction of sp³-hybridized carbons (Fsp3) is 0.261. The van der Waals surface area contributed by atoms with Crippen LogP contribution in [0, 0.1) is 0 Å². The lowest BCUT2D eigenvalue weighted by atomic mass is 10.1. The Balaban J connectivity index is 1.17. The molecule has 0 amide bonds. The Bertz CT molecular complexity index is 1200. The van der Waals surface area contributed by atoms with Crippen LogP contribution in [0.4, 0.5) is 5.95 Å². The Morgan fingerprint density at radius 3 is 2.77 bits per heavy atom. The molecule has 3 aliphatic rings. The van der Waals surface area contributed by atoms with E-state index in [0.717, 1.165) is 66.5 Å². The first-order chi connectivity index (χ1) is 15.2. The summed E-state index contributed by atoms with van der Waals surface area (Å²) >= 11 is 0. The number of para-hydroxylation sites is 2. The maximum absolute atomic E-state index is 12.4. The van der Waals surface area contributed by atoms with Crippen LogP contribution in [0.2, 0.25) is 0 Å². The number of aromatic amines is 1. The molecule has 0 bridgehead atoms.